The summed E-state index contributed by atoms with van der Waals surface area (Å²) in [7, 11) is 1.86. The SMILES string of the molecule is Cc1ccc(NC(=O)[C@@H]2CC2(F)F)cc1-c1cc(C)n(C)n1. The van der Waals surface area contributed by atoms with Crippen molar-refractivity contribution >= 4 is 11.6 Å². The number of aryl methyl sites for hydroxylation is 3. The normalized spacial score (nSPS) is 19.0. The van der Waals surface area contributed by atoms with Crippen LogP contribution >= 0.6 is 0 Å². The van der Waals surface area contributed by atoms with Crippen LogP contribution in [0.5, 0.6) is 0 Å². The monoisotopic (exact) mass is 305 g/mol. The van der Waals surface area contributed by atoms with Crippen molar-refractivity contribution in [2.75, 3.05) is 5.32 Å². The summed E-state index contributed by atoms with van der Waals surface area (Å²) in [6.45, 7) is 3.90. The number of aromatic nitrogens is 2. The third-order valence-corrected chi connectivity index (χ3v) is 4.04. The molecule has 1 aliphatic rings. The summed E-state index contributed by atoms with van der Waals surface area (Å²) in [5.74, 6) is -4.68. The van der Waals surface area contributed by atoms with Gasteiger partial charge in [0, 0.05) is 30.4 Å². The van der Waals surface area contributed by atoms with Crippen molar-refractivity contribution in [2.45, 2.75) is 26.2 Å². The van der Waals surface area contributed by atoms with Crippen molar-refractivity contribution in [1.29, 1.82) is 0 Å². The molecular weight excluding hydrogens is 288 g/mol. The van der Waals surface area contributed by atoms with Crippen LogP contribution in [0.3, 0.4) is 0 Å². The van der Waals surface area contributed by atoms with Crippen molar-refractivity contribution in [2.24, 2.45) is 13.0 Å². The van der Waals surface area contributed by atoms with Gasteiger partial charge in [0.25, 0.3) is 5.92 Å². The second-order valence-electron chi connectivity index (χ2n) is 5.83. The van der Waals surface area contributed by atoms with Gasteiger partial charge in [0.1, 0.15) is 5.92 Å². The van der Waals surface area contributed by atoms with E-state index in [1.807, 2.05) is 33.0 Å². The molecule has 1 heterocycles. The summed E-state index contributed by atoms with van der Waals surface area (Å²) >= 11 is 0. The zero-order valence-electron chi connectivity index (χ0n) is 12.7. The number of nitrogens with one attached hydrogen (secondary N) is 1. The lowest BCUT2D eigenvalue weighted by Crippen LogP contribution is -2.17. The maximum Gasteiger partial charge on any atom is 0.260 e. The number of halogens is 2. The summed E-state index contributed by atoms with van der Waals surface area (Å²) in [4.78, 5) is 11.8. The lowest BCUT2D eigenvalue weighted by Gasteiger charge is -2.08. The van der Waals surface area contributed by atoms with Crippen LogP contribution in [-0.4, -0.2) is 21.6 Å². The van der Waals surface area contributed by atoms with Crippen LogP contribution in [0.2, 0.25) is 0 Å². The molecule has 0 saturated heterocycles. The Morgan fingerprint density at radius 3 is 2.59 bits per heavy atom. The number of anilines is 1. The summed E-state index contributed by atoms with van der Waals surface area (Å²) < 4.78 is 27.6. The molecule has 1 saturated carbocycles. The highest BCUT2D eigenvalue weighted by Gasteiger charge is 2.61. The molecule has 22 heavy (non-hydrogen) atoms. The zero-order valence-corrected chi connectivity index (χ0v) is 12.7. The third-order valence-electron chi connectivity index (χ3n) is 4.04. The first kappa shape index (κ1) is 14.7. The average molecular weight is 305 g/mol. The molecule has 1 amide bonds. The van der Waals surface area contributed by atoms with Gasteiger partial charge < -0.3 is 5.32 Å². The van der Waals surface area contributed by atoms with E-state index < -0.39 is 17.7 Å². The summed E-state index contributed by atoms with van der Waals surface area (Å²) in [5, 5.41) is 6.98. The minimum Gasteiger partial charge on any atom is -0.326 e. The van der Waals surface area contributed by atoms with E-state index in [0.717, 1.165) is 22.5 Å². The van der Waals surface area contributed by atoms with Crippen LogP contribution in [0, 0.1) is 19.8 Å². The van der Waals surface area contributed by atoms with Crippen LogP contribution in [-0.2, 0) is 11.8 Å². The Hall–Kier alpha value is -2.24. The molecule has 0 bridgehead atoms. The van der Waals surface area contributed by atoms with E-state index in [1.54, 1.807) is 16.8 Å². The second-order valence-corrected chi connectivity index (χ2v) is 5.83. The van der Waals surface area contributed by atoms with E-state index in [-0.39, 0.29) is 6.42 Å². The van der Waals surface area contributed by atoms with E-state index >= 15 is 0 Å². The molecule has 1 aliphatic carbocycles. The molecule has 4 nitrogen and oxygen atoms in total. The Balaban J connectivity index is 1.85. The molecule has 0 unspecified atom stereocenters. The predicted octanol–water partition coefficient (Wildman–Crippen LogP) is 3.30. The topological polar surface area (TPSA) is 46.9 Å². The first-order chi connectivity index (χ1) is 10.3. The van der Waals surface area contributed by atoms with Crippen molar-refractivity contribution in [3.63, 3.8) is 0 Å². The van der Waals surface area contributed by atoms with Gasteiger partial charge in [-0.2, -0.15) is 5.10 Å². The molecule has 1 N–H and O–H groups in total. The molecule has 0 aliphatic heterocycles. The van der Waals surface area contributed by atoms with Crippen LogP contribution in [0.25, 0.3) is 11.3 Å². The average Bonchev–Trinajstić information content (AvgIpc) is 2.96. The molecular formula is C16H17F2N3O. The second kappa shape index (κ2) is 4.90. The first-order valence-electron chi connectivity index (χ1n) is 7.08. The molecule has 6 heteroatoms. The predicted molar refractivity (Wildman–Crippen MR) is 79.8 cm³/mol. The van der Waals surface area contributed by atoms with E-state index in [1.165, 1.54) is 0 Å². The zero-order chi connectivity index (χ0) is 16.1. The number of carbonyl (C=O) groups is 1. The highest BCUT2D eigenvalue weighted by Crippen LogP contribution is 2.49. The van der Waals surface area contributed by atoms with Gasteiger partial charge in [0.2, 0.25) is 5.91 Å². The van der Waals surface area contributed by atoms with E-state index in [9.17, 15) is 13.6 Å². The summed E-state index contributed by atoms with van der Waals surface area (Å²) in [6, 6.07) is 7.28. The number of hydrogen-bond donors (Lipinski definition) is 1. The van der Waals surface area contributed by atoms with E-state index in [2.05, 4.69) is 10.4 Å². The van der Waals surface area contributed by atoms with Crippen LogP contribution in [0.4, 0.5) is 14.5 Å². The quantitative estimate of drug-likeness (QED) is 0.946. The summed E-state index contributed by atoms with van der Waals surface area (Å²) in [6.07, 6.45) is -0.364. The Morgan fingerprint density at radius 2 is 2.05 bits per heavy atom. The highest BCUT2D eigenvalue weighted by molar-refractivity contribution is 5.95. The van der Waals surface area contributed by atoms with Crippen LogP contribution in [0.15, 0.2) is 24.3 Å². The Labute approximate surface area is 127 Å². The fraction of sp³-hybridized carbons (Fsp3) is 0.375. The molecule has 3 rings (SSSR count). The minimum absolute atomic E-state index is 0.364. The summed E-state index contributed by atoms with van der Waals surface area (Å²) in [5.41, 5.74) is 4.21. The molecule has 0 spiro atoms. The number of rotatable bonds is 3. The smallest absolute Gasteiger partial charge is 0.260 e. The van der Waals surface area contributed by atoms with Gasteiger partial charge in [-0.1, -0.05) is 6.07 Å². The highest BCUT2D eigenvalue weighted by atomic mass is 19.3. The Bertz CT molecular complexity index is 732. The first-order valence-corrected chi connectivity index (χ1v) is 7.08. The van der Waals surface area contributed by atoms with E-state index in [4.69, 9.17) is 0 Å². The maximum atomic E-state index is 12.9. The Kier molecular flexibility index (Phi) is 3.27. The van der Waals surface area contributed by atoms with Crippen molar-refractivity contribution in [1.82, 2.24) is 9.78 Å². The number of alkyl halides is 2. The fourth-order valence-electron chi connectivity index (χ4n) is 2.40. The fourth-order valence-corrected chi connectivity index (χ4v) is 2.40. The van der Waals surface area contributed by atoms with Crippen LogP contribution < -0.4 is 5.32 Å². The molecule has 116 valence electrons. The maximum absolute atomic E-state index is 12.9. The standard InChI is InChI=1S/C16H17F2N3O/c1-9-4-5-11(19-15(22)13-8-16(13,17)18)7-12(9)14-6-10(2)21(3)20-14/h4-7,13H,8H2,1-3H3,(H,19,22)/t13-/m0/s1. The third kappa shape index (κ3) is 2.61. The van der Waals surface area contributed by atoms with Gasteiger partial charge in [-0.25, -0.2) is 8.78 Å². The molecule has 0 radical (unpaired) electrons. The van der Waals surface area contributed by atoms with Crippen molar-refractivity contribution < 1.29 is 13.6 Å². The number of amides is 1. The number of benzene rings is 1. The van der Waals surface area contributed by atoms with Gasteiger partial charge in [-0.15, -0.1) is 0 Å². The molecule has 1 aromatic carbocycles. The van der Waals surface area contributed by atoms with Gasteiger partial charge in [0.15, 0.2) is 0 Å². The number of carbonyl (C=O) groups excluding carboxylic acids is 1. The molecule has 2 aromatic rings. The van der Waals surface area contributed by atoms with Crippen molar-refractivity contribution in [3.8, 4) is 11.3 Å². The van der Waals surface area contributed by atoms with Gasteiger partial charge in [0.05, 0.1) is 5.69 Å². The van der Waals surface area contributed by atoms with Gasteiger partial charge in [-0.3, -0.25) is 9.48 Å². The van der Waals surface area contributed by atoms with Crippen molar-refractivity contribution in [3.05, 3.63) is 35.5 Å². The van der Waals surface area contributed by atoms with Gasteiger partial charge in [-0.05, 0) is 37.6 Å². The lowest BCUT2D eigenvalue weighted by molar-refractivity contribution is -0.119. The molecule has 1 aromatic heterocycles. The van der Waals surface area contributed by atoms with E-state index in [0.29, 0.717) is 5.69 Å². The van der Waals surface area contributed by atoms with Gasteiger partial charge >= 0.3 is 0 Å². The molecule has 1 atom stereocenters. The Morgan fingerprint density at radius 1 is 1.36 bits per heavy atom. The number of hydrogen-bond acceptors (Lipinski definition) is 2. The number of nitrogens with zero attached hydrogens (tertiary/aromatic N) is 2. The largest absolute Gasteiger partial charge is 0.326 e. The minimum atomic E-state index is -2.85. The molecule has 1 fully saturated rings. The van der Waals surface area contributed by atoms with Crippen LogP contribution in [0.1, 0.15) is 17.7 Å². The lowest BCUT2D eigenvalue weighted by atomic mass is 10.0.